The number of aliphatic carboxylic acids is 1. The van der Waals surface area contributed by atoms with Crippen LogP contribution < -0.4 is 4.90 Å². The van der Waals surface area contributed by atoms with Crippen LogP contribution in [0.3, 0.4) is 0 Å². The molecule has 3 rings (SSSR count). The van der Waals surface area contributed by atoms with Crippen LogP contribution in [0.5, 0.6) is 0 Å². The van der Waals surface area contributed by atoms with E-state index in [1.807, 2.05) is 0 Å². The van der Waals surface area contributed by atoms with Crippen LogP contribution in [-0.2, 0) is 15.6 Å². The van der Waals surface area contributed by atoms with Crippen molar-refractivity contribution in [3.63, 3.8) is 0 Å². The number of nitrogens with zero attached hydrogens (tertiary/aromatic N) is 2. The fourth-order valence-electron chi connectivity index (χ4n) is 3.85. The van der Waals surface area contributed by atoms with Crippen molar-refractivity contribution in [3.05, 3.63) is 34.4 Å². The van der Waals surface area contributed by atoms with Gasteiger partial charge in [-0.15, -0.1) is 0 Å². The molecule has 24 heavy (non-hydrogen) atoms. The molecular weight excluding hydrogens is 300 g/mol. The van der Waals surface area contributed by atoms with Crippen molar-refractivity contribution in [3.8, 4) is 6.07 Å². The van der Waals surface area contributed by atoms with Crippen LogP contribution in [0.4, 0.5) is 5.69 Å². The summed E-state index contributed by atoms with van der Waals surface area (Å²) in [6, 6.07) is 5.94. The molecule has 0 fully saturated rings. The van der Waals surface area contributed by atoms with E-state index in [9.17, 15) is 4.79 Å². The van der Waals surface area contributed by atoms with Gasteiger partial charge in [-0.3, -0.25) is 0 Å². The second-order valence-electron chi connectivity index (χ2n) is 8.19. The lowest BCUT2D eigenvalue weighted by Gasteiger charge is -2.48. The molecule has 2 aliphatic heterocycles. The summed E-state index contributed by atoms with van der Waals surface area (Å²) >= 11 is 0. The molecule has 4 nitrogen and oxygen atoms in total. The van der Waals surface area contributed by atoms with Gasteiger partial charge in [-0.25, -0.2) is 4.79 Å². The van der Waals surface area contributed by atoms with Crippen LogP contribution in [0, 0.1) is 11.3 Å². The second-order valence-corrected chi connectivity index (χ2v) is 8.19. The summed E-state index contributed by atoms with van der Waals surface area (Å²) in [5.41, 5.74) is 4.56. The summed E-state index contributed by atoms with van der Waals surface area (Å²) < 4.78 is 0. The van der Waals surface area contributed by atoms with Gasteiger partial charge in [0.15, 0.2) is 0 Å². The van der Waals surface area contributed by atoms with E-state index in [2.05, 4.69) is 44.7 Å². The molecule has 4 heteroatoms. The first-order chi connectivity index (χ1) is 11.2. The third-order valence-electron chi connectivity index (χ3n) is 5.58. The van der Waals surface area contributed by atoms with Gasteiger partial charge in [0.2, 0.25) is 0 Å². The number of benzene rings is 1. The van der Waals surface area contributed by atoms with E-state index in [4.69, 9.17) is 10.4 Å². The molecule has 2 heterocycles. The Labute approximate surface area is 143 Å². The molecule has 0 aliphatic carbocycles. The minimum Gasteiger partial charge on any atom is -0.477 e. The van der Waals surface area contributed by atoms with Gasteiger partial charge in [0.1, 0.15) is 11.6 Å². The van der Waals surface area contributed by atoms with Crippen LogP contribution in [0.25, 0.3) is 6.08 Å². The molecule has 0 unspecified atom stereocenters. The summed E-state index contributed by atoms with van der Waals surface area (Å²) in [7, 11) is 0. The predicted octanol–water partition coefficient (Wildman–Crippen LogP) is 3.85. The van der Waals surface area contributed by atoms with Gasteiger partial charge >= 0.3 is 5.97 Å². The molecule has 0 amide bonds. The number of nitriles is 1. The first-order valence-electron chi connectivity index (χ1n) is 8.45. The van der Waals surface area contributed by atoms with E-state index >= 15 is 0 Å². The molecule has 0 aromatic heterocycles. The van der Waals surface area contributed by atoms with Crippen molar-refractivity contribution in [2.24, 2.45) is 0 Å². The Morgan fingerprint density at radius 3 is 2.08 bits per heavy atom. The van der Waals surface area contributed by atoms with Gasteiger partial charge in [0.05, 0.1) is 0 Å². The zero-order chi connectivity index (χ0) is 17.7. The molecule has 1 aromatic carbocycles. The molecule has 0 radical (unpaired) electrons. The van der Waals surface area contributed by atoms with E-state index in [1.165, 1.54) is 22.9 Å². The van der Waals surface area contributed by atoms with E-state index in [0.29, 0.717) is 0 Å². The fourth-order valence-corrected chi connectivity index (χ4v) is 3.85. The molecule has 0 spiro atoms. The summed E-state index contributed by atoms with van der Waals surface area (Å²) in [5.74, 6) is -1.18. The number of anilines is 1. The molecular formula is C20H24N2O2. The summed E-state index contributed by atoms with van der Waals surface area (Å²) in [5, 5.41) is 18.2. The molecule has 126 valence electrons. The maximum absolute atomic E-state index is 11.2. The number of rotatable bonds is 2. The lowest BCUT2D eigenvalue weighted by atomic mass is 9.69. The quantitative estimate of drug-likeness (QED) is 0.663. The van der Waals surface area contributed by atoms with E-state index < -0.39 is 5.97 Å². The van der Waals surface area contributed by atoms with Crippen LogP contribution in [-0.4, -0.2) is 24.2 Å². The van der Waals surface area contributed by atoms with Crippen LogP contribution >= 0.6 is 0 Å². The Morgan fingerprint density at radius 2 is 1.67 bits per heavy atom. The largest absolute Gasteiger partial charge is 0.477 e. The average Bonchev–Trinajstić information content (AvgIpc) is 2.50. The first kappa shape index (κ1) is 16.6. The van der Waals surface area contributed by atoms with Crippen molar-refractivity contribution in [1.82, 2.24) is 0 Å². The lowest BCUT2D eigenvalue weighted by Crippen LogP contribution is -2.44. The SMILES string of the molecule is CC1(C)CCN2CCC(C)(C)c3cc(C=C(C#N)C(=O)O)cc1c32. The molecule has 1 aromatic rings. The Balaban J connectivity index is 2.27. The third kappa shape index (κ3) is 2.58. The molecule has 0 bridgehead atoms. The normalized spacial score (nSPS) is 21.0. The zero-order valence-corrected chi connectivity index (χ0v) is 14.8. The highest BCUT2D eigenvalue weighted by molar-refractivity contribution is 5.96. The van der Waals surface area contributed by atoms with E-state index in [0.717, 1.165) is 31.5 Å². The number of carboxylic acids is 1. The fraction of sp³-hybridized carbons (Fsp3) is 0.500. The minimum atomic E-state index is -1.18. The highest BCUT2D eigenvalue weighted by Crippen LogP contribution is 2.49. The standard InChI is InChI=1S/C20H24N2O2/c1-19(2)5-7-22-8-6-20(3,4)16-11-13(10-15(19)17(16)22)9-14(12-21)18(23)24/h9-11H,5-8H2,1-4H3,(H,23,24). The van der Waals surface area contributed by atoms with Crippen molar-refractivity contribution in [1.29, 1.82) is 5.26 Å². The number of carboxylic acid groups (broad SMARTS) is 1. The molecule has 0 saturated carbocycles. The maximum atomic E-state index is 11.2. The van der Waals surface area contributed by atoms with Gasteiger partial charge in [0.25, 0.3) is 0 Å². The monoisotopic (exact) mass is 324 g/mol. The van der Waals surface area contributed by atoms with E-state index in [-0.39, 0.29) is 16.4 Å². The average molecular weight is 324 g/mol. The highest BCUT2D eigenvalue weighted by atomic mass is 16.4. The van der Waals surface area contributed by atoms with Gasteiger partial charge in [0, 0.05) is 18.8 Å². The second kappa shape index (κ2) is 5.37. The number of hydrogen-bond acceptors (Lipinski definition) is 3. The van der Waals surface area contributed by atoms with Crippen LogP contribution in [0.2, 0.25) is 0 Å². The Morgan fingerprint density at radius 1 is 1.17 bits per heavy atom. The highest BCUT2D eigenvalue weighted by Gasteiger charge is 2.39. The Hall–Kier alpha value is -2.28. The van der Waals surface area contributed by atoms with Crippen LogP contribution in [0.1, 0.15) is 57.2 Å². The van der Waals surface area contributed by atoms with Crippen molar-refractivity contribution in [2.45, 2.75) is 51.4 Å². The maximum Gasteiger partial charge on any atom is 0.346 e. The lowest BCUT2D eigenvalue weighted by molar-refractivity contribution is -0.132. The Bertz CT molecular complexity index is 740. The molecule has 1 N–H and O–H groups in total. The van der Waals surface area contributed by atoms with Gasteiger partial charge < -0.3 is 10.0 Å². The van der Waals surface area contributed by atoms with E-state index in [1.54, 1.807) is 6.07 Å². The van der Waals surface area contributed by atoms with Crippen molar-refractivity contribution >= 4 is 17.7 Å². The molecule has 0 saturated heterocycles. The number of carbonyl (C=O) groups is 1. The summed E-state index contributed by atoms with van der Waals surface area (Å²) in [4.78, 5) is 13.7. The zero-order valence-electron chi connectivity index (χ0n) is 14.8. The van der Waals surface area contributed by atoms with Crippen molar-refractivity contribution in [2.75, 3.05) is 18.0 Å². The van der Waals surface area contributed by atoms with Gasteiger partial charge in [-0.05, 0) is 58.6 Å². The number of hydrogen-bond donors (Lipinski definition) is 1. The molecule has 0 atom stereocenters. The topological polar surface area (TPSA) is 64.3 Å². The van der Waals surface area contributed by atoms with Gasteiger partial charge in [-0.2, -0.15) is 5.26 Å². The van der Waals surface area contributed by atoms with Crippen molar-refractivity contribution < 1.29 is 9.90 Å². The molecule has 2 aliphatic rings. The predicted molar refractivity (Wildman–Crippen MR) is 95.2 cm³/mol. The Kier molecular flexibility index (Phi) is 3.71. The van der Waals surface area contributed by atoms with Gasteiger partial charge in [-0.1, -0.05) is 27.7 Å². The third-order valence-corrected chi connectivity index (χ3v) is 5.58. The summed E-state index contributed by atoms with van der Waals surface area (Å²) in [6.45, 7) is 11.1. The summed E-state index contributed by atoms with van der Waals surface area (Å²) in [6.07, 6.45) is 3.66. The van der Waals surface area contributed by atoms with Crippen LogP contribution in [0.15, 0.2) is 17.7 Å². The first-order valence-corrected chi connectivity index (χ1v) is 8.45. The smallest absolute Gasteiger partial charge is 0.346 e. The minimum absolute atomic E-state index is 0.0495.